The Balaban J connectivity index is 1.90. The van der Waals surface area contributed by atoms with Crippen LogP contribution in [0.15, 0.2) is 0 Å². The van der Waals surface area contributed by atoms with E-state index in [1.165, 1.54) is 32.1 Å². The van der Waals surface area contributed by atoms with Gasteiger partial charge in [-0.3, -0.25) is 9.69 Å². The van der Waals surface area contributed by atoms with Crippen molar-refractivity contribution < 1.29 is 4.79 Å². The van der Waals surface area contributed by atoms with Gasteiger partial charge in [-0.2, -0.15) is 0 Å². The molecule has 2 fully saturated rings. The molecule has 18 heavy (non-hydrogen) atoms. The molecular weight excluding hydrogens is 224 g/mol. The number of fused-ring (bicyclic) bond motifs is 2. The van der Waals surface area contributed by atoms with Gasteiger partial charge < -0.3 is 5.32 Å². The molecule has 3 nitrogen and oxygen atoms in total. The number of nitrogens with zero attached hydrogens (tertiary/aromatic N) is 1. The summed E-state index contributed by atoms with van der Waals surface area (Å²) in [6.07, 6.45) is 6.49. The lowest BCUT2D eigenvalue weighted by Gasteiger charge is -2.38. The standard InChI is InChI=1S/C15H28N2O/c1-5-11-8-12-6-7-13(9-11)17(12)10-14(18)16-15(2,3)4/h11-13H,5-10H2,1-4H3,(H,16,18)/t11?,12-,13+. The Kier molecular flexibility index (Phi) is 4.00. The van der Waals surface area contributed by atoms with E-state index in [0.717, 1.165) is 5.92 Å². The van der Waals surface area contributed by atoms with Gasteiger partial charge in [0, 0.05) is 17.6 Å². The smallest absolute Gasteiger partial charge is 0.234 e. The Morgan fingerprint density at radius 2 is 1.78 bits per heavy atom. The van der Waals surface area contributed by atoms with Crippen molar-refractivity contribution in [3.63, 3.8) is 0 Å². The van der Waals surface area contributed by atoms with Gasteiger partial charge in [0.15, 0.2) is 0 Å². The molecule has 2 aliphatic heterocycles. The van der Waals surface area contributed by atoms with Gasteiger partial charge >= 0.3 is 0 Å². The van der Waals surface area contributed by atoms with E-state index in [9.17, 15) is 4.79 Å². The lowest BCUT2D eigenvalue weighted by atomic mass is 9.89. The molecule has 0 radical (unpaired) electrons. The summed E-state index contributed by atoms with van der Waals surface area (Å²) in [5, 5.41) is 3.08. The van der Waals surface area contributed by atoms with Crippen LogP contribution in [0.4, 0.5) is 0 Å². The summed E-state index contributed by atoms with van der Waals surface area (Å²) in [4.78, 5) is 14.5. The lowest BCUT2D eigenvalue weighted by Crippen LogP contribution is -2.51. The molecule has 0 aromatic heterocycles. The average Bonchev–Trinajstić information content (AvgIpc) is 2.49. The van der Waals surface area contributed by atoms with E-state index in [4.69, 9.17) is 0 Å². The molecule has 2 heterocycles. The predicted molar refractivity (Wildman–Crippen MR) is 74.4 cm³/mol. The SMILES string of the molecule is CCC1C[C@H]2CC[C@@H](C1)N2CC(=O)NC(C)(C)C. The second-order valence-corrected chi connectivity index (χ2v) is 7.10. The maximum Gasteiger partial charge on any atom is 0.234 e. The van der Waals surface area contributed by atoms with Gasteiger partial charge in [0.2, 0.25) is 5.91 Å². The Morgan fingerprint density at radius 3 is 2.22 bits per heavy atom. The molecule has 0 aromatic carbocycles. The Hall–Kier alpha value is -0.570. The summed E-state index contributed by atoms with van der Waals surface area (Å²) in [7, 11) is 0. The van der Waals surface area contributed by atoms with Crippen molar-refractivity contribution in [3.05, 3.63) is 0 Å². The highest BCUT2D eigenvalue weighted by Crippen LogP contribution is 2.39. The van der Waals surface area contributed by atoms with Crippen LogP contribution in [0.2, 0.25) is 0 Å². The van der Waals surface area contributed by atoms with Gasteiger partial charge in [-0.1, -0.05) is 13.3 Å². The highest BCUT2D eigenvalue weighted by molar-refractivity contribution is 5.78. The molecule has 1 N–H and O–H groups in total. The van der Waals surface area contributed by atoms with Crippen molar-refractivity contribution in [2.24, 2.45) is 5.92 Å². The number of piperidine rings is 1. The van der Waals surface area contributed by atoms with Crippen LogP contribution < -0.4 is 5.32 Å². The Labute approximate surface area is 111 Å². The van der Waals surface area contributed by atoms with E-state index in [1.54, 1.807) is 0 Å². The van der Waals surface area contributed by atoms with E-state index in [0.29, 0.717) is 18.6 Å². The summed E-state index contributed by atoms with van der Waals surface area (Å²) >= 11 is 0. The molecule has 0 aliphatic carbocycles. The molecule has 2 bridgehead atoms. The first-order valence-corrected chi connectivity index (χ1v) is 7.46. The van der Waals surface area contributed by atoms with E-state index in [2.05, 4.69) is 17.1 Å². The van der Waals surface area contributed by atoms with Crippen LogP contribution in [-0.2, 0) is 4.79 Å². The van der Waals surface area contributed by atoms with Gasteiger partial charge in [0.1, 0.15) is 0 Å². The molecule has 3 heteroatoms. The van der Waals surface area contributed by atoms with Crippen LogP contribution in [0.3, 0.4) is 0 Å². The zero-order valence-corrected chi connectivity index (χ0v) is 12.3. The molecule has 2 saturated heterocycles. The first kappa shape index (κ1) is 13.9. The average molecular weight is 252 g/mol. The van der Waals surface area contributed by atoms with Gasteiger partial charge in [-0.25, -0.2) is 0 Å². The number of rotatable bonds is 3. The van der Waals surface area contributed by atoms with Crippen molar-refractivity contribution >= 4 is 5.91 Å². The molecule has 1 unspecified atom stereocenters. The number of carbonyl (C=O) groups is 1. The maximum atomic E-state index is 12.0. The van der Waals surface area contributed by atoms with Gasteiger partial charge in [0.25, 0.3) is 0 Å². The van der Waals surface area contributed by atoms with Crippen molar-refractivity contribution in [2.45, 2.75) is 77.4 Å². The third-order valence-electron chi connectivity index (χ3n) is 4.40. The summed E-state index contributed by atoms with van der Waals surface area (Å²) in [5.74, 6) is 1.08. The normalized spacial score (nSPS) is 32.6. The van der Waals surface area contributed by atoms with Crippen LogP contribution in [0.5, 0.6) is 0 Å². The van der Waals surface area contributed by atoms with Crippen molar-refractivity contribution in [1.29, 1.82) is 0 Å². The van der Waals surface area contributed by atoms with E-state index in [-0.39, 0.29) is 11.4 Å². The number of hydrogen-bond acceptors (Lipinski definition) is 2. The van der Waals surface area contributed by atoms with Gasteiger partial charge in [-0.15, -0.1) is 0 Å². The third-order valence-corrected chi connectivity index (χ3v) is 4.40. The van der Waals surface area contributed by atoms with E-state index >= 15 is 0 Å². The molecule has 2 rings (SSSR count). The van der Waals surface area contributed by atoms with E-state index < -0.39 is 0 Å². The largest absolute Gasteiger partial charge is 0.350 e. The molecule has 2 aliphatic rings. The Morgan fingerprint density at radius 1 is 1.22 bits per heavy atom. The summed E-state index contributed by atoms with van der Waals surface area (Å²) in [6, 6.07) is 1.33. The molecule has 104 valence electrons. The second-order valence-electron chi connectivity index (χ2n) is 7.10. The molecule has 3 atom stereocenters. The molecule has 0 aromatic rings. The fourth-order valence-electron chi connectivity index (χ4n) is 3.60. The first-order chi connectivity index (χ1) is 8.39. The number of carbonyl (C=O) groups excluding carboxylic acids is 1. The monoisotopic (exact) mass is 252 g/mol. The number of amides is 1. The van der Waals surface area contributed by atoms with Crippen molar-refractivity contribution in [3.8, 4) is 0 Å². The van der Waals surface area contributed by atoms with Gasteiger partial charge in [-0.05, 0) is 52.4 Å². The fourth-order valence-corrected chi connectivity index (χ4v) is 3.60. The number of hydrogen-bond donors (Lipinski definition) is 1. The minimum atomic E-state index is -0.113. The Bertz CT molecular complexity index is 294. The van der Waals surface area contributed by atoms with Crippen molar-refractivity contribution in [1.82, 2.24) is 10.2 Å². The van der Waals surface area contributed by atoms with Crippen LogP contribution in [0.1, 0.15) is 59.8 Å². The molecule has 1 amide bonds. The fraction of sp³-hybridized carbons (Fsp3) is 0.933. The van der Waals surface area contributed by atoms with Crippen molar-refractivity contribution in [2.75, 3.05) is 6.54 Å². The second kappa shape index (κ2) is 5.20. The molecule has 0 saturated carbocycles. The zero-order chi connectivity index (χ0) is 13.3. The molecular formula is C15H28N2O. The van der Waals surface area contributed by atoms with E-state index in [1.807, 2.05) is 20.8 Å². The quantitative estimate of drug-likeness (QED) is 0.837. The third kappa shape index (κ3) is 3.25. The lowest BCUT2D eigenvalue weighted by molar-refractivity contribution is -0.125. The minimum absolute atomic E-state index is 0.113. The molecule has 0 spiro atoms. The summed E-state index contributed by atoms with van der Waals surface area (Å²) in [5.41, 5.74) is -0.113. The topological polar surface area (TPSA) is 32.3 Å². The maximum absolute atomic E-state index is 12.0. The van der Waals surface area contributed by atoms with Crippen LogP contribution in [0.25, 0.3) is 0 Å². The summed E-state index contributed by atoms with van der Waals surface area (Å²) < 4.78 is 0. The first-order valence-electron chi connectivity index (χ1n) is 7.46. The summed E-state index contributed by atoms with van der Waals surface area (Å²) in [6.45, 7) is 9.03. The minimum Gasteiger partial charge on any atom is -0.350 e. The zero-order valence-electron chi connectivity index (χ0n) is 12.3. The van der Waals surface area contributed by atoms with Crippen LogP contribution in [0, 0.1) is 5.92 Å². The van der Waals surface area contributed by atoms with Crippen LogP contribution in [-0.4, -0.2) is 35.0 Å². The number of nitrogens with one attached hydrogen (secondary N) is 1. The van der Waals surface area contributed by atoms with Gasteiger partial charge in [0.05, 0.1) is 6.54 Å². The van der Waals surface area contributed by atoms with Crippen LogP contribution >= 0.6 is 0 Å². The predicted octanol–water partition coefficient (Wildman–Crippen LogP) is 2.55. The highest BCUT2D eigenvalue weighted by Gasteiger charge is 2.40. The highest BCUT2D eigenvalue weighted by atomic mass is 16.2.